The molecule has 1 atom stereocenters. The first-order valence-electron chi connectivity index (χ1n) is 7.16. The maximum Gasteiger partial charge on any atom is 0.224 e. The highest BCUT2D eigenvalue weighted by Crippen LogP contribution is 2.39. The predicted molar refractivity (Wildman–Crippen MR) is 82.7 cm³/mol. The predicted octanol–water partition coefficient (Wildman–Crippen LogP) is 3.40. The summed E-state index contributed by atoms with van der Waals surface area (Å²) in [6, 6.07) is 7.89. The van der Waals surface area contributed by atoms with E-state index in [1.54, 1.807) is 24.2 Å². The van der Waals surface area contributed by atoms with Gasteiger partial charge in [-0.25, -0.2) is 0 Å². The van der Waals surface area contributed by atoms with Gasteiger partial charge in [-0.05, 0) is 29.8 Å². The van der Waals surface area contributed by atoms with E-state index in [1.165, 1.54) is 0 Å². The molecule has 1 aliphatic rings. The molecule has 5 heteroatoms. The molecule has 0 bridgehead atoms. The van der Waals surface area contributed by atoms with Gasteiger partial charge in [0.25, 0.3) is 0 Å². The first-order chi connectivity index (χ1) is 10.3. The molecule has 3 heterocycles. The lowest BCUT2D eigenvalue weighted by Crippen LogP contribution is -2.36. The molecule has 2 aromatic rings. The number of amides is 1. The summed E-state index contributed by atoms with van der Waals surface area (Å²) in [6.45, 7) is 2.66. The Morgan fingerprint density at radius 3 is 2.86 bits per heavy atom. The number of hydrogen-bond acceptors (Lipinski definition) is 4. The Morgan fingerprint density at radius 2 is 2.14 bits per heavy atom. The molecule has 1 unspecified atom stereocenters. The summed E-state index contributed by atoms with van der Waals surface area (Å²) >= 11 is 1.77. The molecule has 110 valence electrons. The molecule has 3 rings (SSSR count). The zero-order valence-corrected chi connectivity index (χ0v) is 12.8. The van der Waals surface area contributed by atoms with E-state index in [1.807, 2.05) is 29.2 Å². The van der Waals surface area contributed by atoms with Crippen molar-refractivity contribution in [1.82, 2.24) is 9.88 Å². The van der Waals surface area contributed by atoms with Gasteiger partial charge in [-0.15, -0.1) is 11.8 Å². The van der Waals surface area contributed by atoms with Crippen LogP contribution in [0.15, 0.2) is 41.1 Å². The van der Waals surface area contributed by atoms with Crippen molar-refractivity contribution in [3.05, 3.63) is 53.7 Å². The highest BCUT2D eigenvalue weighted by Gasteiger charge is 2.31. The first-order valence-corrected chi connectivity index (χ1v) is 8.21. The third-order valence-electron chi connectivity index (χ3n) is 3.57. The highest BCUT2D eigenvalue weighted by molar-refractivity contribution is 7.99. The molecule has 0 aromatic carbocycles. The molecule has 0 radical (unpaired) electrons. The lowest BCUT2D eigenvalue weighted by atomic mass is 10.2. The molecule has 4 nitrogen and oxygen atoms in total. The average molecular weight is 302 g/mol. The topological polar surface area (TPSA) is 46.3 Å². The quantitative estimate of drug-likeness (QED) is 0.868. The van der Waals surface area contributed by atoms with Gasteiger partial charge in [0.15, 0.2) is 0 Å². The Hall–Kier alpha value is -1.75. The Bertz CT molecular complexity index is 612. The molecule has 1 amide bonds. The third kappa shape index (κ3) is 3.13. The van der Waals surface area contributed by atoms with E-state index in [0.29, 0.717) is 13.0 Å². The van der Waals surface area contributed by atoms with Crippen molar-refractivity contribution in [2.24, 2.45) is 0 Å². The van der Waals surface area contributed by atoms with Gasteiger partial charge in [-0.1, -0.05) is 6.92 Å². The number of carbonyl (C=O) groups excluding carboxylic acids is 1. The van der Waals surface area contributed by atoms with Crippen molar-refractivity contribution in [3.63, 3.8) is 0 Å². The van der Waals surface area contributed by atoms with Crippen molar-refractivity contribution in [1.29, 1.82) is 0 Å². The smallest absolute Gasteiger partial charge is 0.224 e. The van der Waals surface area contributed by atoms with Crippen LogP contribution in [0.1, 0.15) is 35.8 Å². The molecule has 0 N–H and O–H groups in total. The number of furan rings is 1. The van der Waals surface area contributed by atoms with Crippen LogP contribution in [0.3, 0.4) is 0 Å². The first kappa shape index (κ1) is 14.2. The van der Waals surface area contributed by atoms with E-state index < -0.39 is 0 Å². The number of aromatic nitrogens is 1. The second kappa shape index (κ2) is 6.35. The Balaban J connectivity index is 1.84. The van der Waals surface area contributed by atoms with E-state index >= 15 is 0 Å². The van der Waals surface area contributed by atoms with Crippen molar-refractivity contribution in [3.8, 4) is 0 Å². The molecule has 1 aliphatic heterocycles. The van der Waals surface area contributed by atoms with Crippen LogP contribution >= 0.6 is 11.8 Å². The van der Waals surface area contributed by atoms with Crippen molar-refractivity contribution in [2.75, 3.05) is 5.75 Å². The van der Waals surface area contributed by atoms with Gasteiger partial charge in [0.2, 0.25) is 5.91 Å². The largest absolute Gasteiger partial charge is 0.463 e. The number of carbonyl (C=O) groups is 1. The number of rotatable bonds is 4. The van der Waals surface area contributed by atoms with Crippen LogP contribution in [0.2, 0.25) is 0 Å². The van der Waals surface area contributed by atoms with Crippen LogP contribution in [0, 0.1) is 0 Å². The molecular weight excluding hydrogens is 284 g/mol. The molecular formula is C16H18N2O2S. The van der Waals surface area contributed by atoms with Gasteiger partial charge < -0.3 is 9.32 Å². The SMILES string of the molecule is CCc1ccc(C2SCCC(=O)N2Cc2ccncc2)o1. The summed E-state index contributed by atoms with van der Waals surface area (Å²) in [6.07, 6.45) is 4.98. The number of hydrogen-bond donors (Lipinski definition) is 0. The summed E-state index contributed by atoms with van der Waals surface area (Å²) in [5, 5.41) is -0.0280. The normalized spacial score (nSPS) is 19.0. The van der Waals surface area contributed by atoms with E-state index in [9.17, 15) is 4.79 Å². The van der Waals surface area contributed by atoms with E-state index in [0.717, 1.165) is 29.3 Å². The average Bonchev–Trinajstić information content (AvgIpc) is 2.99. The van der Waals surface area contributed by atoms with Crippen LogP contribution in [0.5, 0.6) is 0 Å². The van der Waals surface area contributed by atoms with Crippen LogP contribution < -0.4 is 0 Å². The molecule has 1 fully saturated rings. The van der Waals surface area contributed by atoms with Gasteiger partial charge in [0.05, 0.1) is 0 Å². The van der Waals surface area contributed by atoms with Crippen LogP contribution in [0.25, 0.3) is 0 Å². The van der Waals surface area contributed by atoms with Crippen molar-refractivity contribution >= 4 is 17.7 Å². The van der Waals surface area contributed by atoms with Crippen LogP contribution in [-0.4, -0.2) is 21.5 Å². The fourth-order valence-electron chi connectivity index (χ4n) is 2.43. The minimum absolute atomic E-state index is 0.0280. The van der Waals surface area contributed by atoms with Crippen molar-refractivity contribution < 1.29 is 9.21 Å². The maximum atomic E-state index is 12.3. The molecule has 2 aromatic heterocycles. The fourth-order valence-corrected chi connectivity index (χ4v) is 3.61. The Kier molecular flexibility index (Phi) is 4.29. The van der Waals surface area contributed by atoms with E-state index in [2.05, 4.69) is 11.9 Å². The van der Waals surface area contributed by atoms with Gasteiger partial charge >= 0.3 is 0 Å². The van der Waals surface area contributed by atoms with Crippen molar-refractivity contribution in [2.45, 2.75) is 31.7 Å². The minimum Gasteiger partial charge on any atom is -0.463 e. The molecule has 0 saturated carbocycles. The molecule has 0 aliphatic carbocycles. The molecule has 21 heavy (non-hydrogen) atoms. The lowest BCUT2D eigenvalue weighted by molar-refractivity contribution is -0.133. The Morgan fingerprint density at radius 1 is 1.33 bits per heavy atom. The highest BCUT2D eigenvalue weighted by atomic mass is 32.2. The fraction of sp³-hybridized carbons (Fsp3) is 0.375. The minimum atomic E-state index is -0.0280. The summed E-state index contributed by atoms with van der Waals surface area (Å²) in [4.78, 5) is 18.2. The summed E-state index contributed by atoms with van der Waals surface area (Å²) in [5.41, 5.74) is 1.09. The number of aryl methyl sites for hydroxylation is 1. The lowest BCUT2D eigenvalue weighted by Gasteiger charge is -2.34. The molecule has 0 spiro atoms. The number of nitrogens with zero attached hydrogens (tertiary/aromatic N) is 2. The second-order valence-corrected chi connectivity index (χ2v) is 6.20. The van der Waals surface area contributed by atoms with Gasteiger partial charge in [0, 0.05) is 37.5 Å². The summed E-state index contributed by atoms with van der Waals surface area (Å²) in [5.74, 6) is 2.87. The van der Waals surface area contributed by atoms with E-state index in [4.69, 9.17) is 4.42 Å². The summed E-state index contributed by atoms with van der Waals surface area (Å²) in [7, 11) is 0. The van der Waals surface area contributed by atoms with Crippen LogP contribution in [-0.2, 0) is 17.8 Å². The number of thioether (sulfide) groups is 1. The zero-order valence-electron chi connectivity index (χ0n) is 12.0. The third-order valence-corrected chi connectivity index (χ3v) is 4.81. The Labute approximate surface area is 128 Å². The zero-order chi connectivity index (χ0) is 14.7. The second-order valence-electron chi connectivity index (χ2n) is 5.01. The standard InChI is InChI=1S/C16H18N2O2S/c1-2-13-3-4-14(20-13)16-18(15(19)7-10-21-16)11-12-5-8-17-9-6-12/h3-6,8-9,16H,2,7,10-11H2,1H3. The van der Waals surface area contributed by atoms with E-state index in [-0.39, 0.29) is 11.3 Å². The maximum absolute atomic E-state index is 12.3. The number of pyridine rings is 1. The van der Waals surface area contributed by atoms with Gasteiger partial charge in [-0.3, -0.25) is 9.78 Å². The van der Waals surface area contributed by atoms with Crippen LogP contribution in [0.4, 0.5) is 0 Å². The monoisotopic (exact) mass is 302 g/mol. The molecule has 1 saturated heterocycles. The van der Waals surface area contributed by atoms with Gasteiger partial charge in [-0.2, -0.15) is 0 Å². The van der Waals surface area contributed by atoms with Gasteiger partial charge in [0.1, 0.15) is 16.9 Å². The summed E-state index contributed by atoms with van der Waals surface area (Å²) < 4.78 is 5.86.